The zero-order valence-corrected chi connectivity index (χ0v) is 18.4. The van der Waals surface area contributed by atoms with E-state index >= 15 is 0 Å². The SMILES string of the molecule is CC(C)N1CCC(C(=O)Nc2cccc(OCc3cc(-c4ccc(F)cc4)on3)c2)CC1. The molecule has 1 aliphatic heterocycles. The Labute approximate surface area is 187 Å². The first-order valence-corrected chi connectivity index (χ1v) is 11.0. The van der Waals surface area contributed by atoms with Crippen molar-refractivity contribution in [3.8, 4) is 17.1 Å². The van der Waals surface area contributed by atoms with Gasteiger partial charge in [-0.2, -0.15) is 0 Å². The summed E-state index contributed by atoms with van der Waals surface area (Å²) in [5.41, 5.74) is 2.08. The van der Waals surface area contributed by atoms with Crippen molar-refractivity contribution >= 4 is 11.6 Å². The number of piperidine rings is 1. The lowest BCUT2D eigenvalue weighted by Gasteiger charge is -2.33. The molecule has 1 aliphatic rings. The van der Waals surface area contributed by atoms with Gasteiger partial charge in [0, 0.05) is 35.3 Å². The number of rotatable bonds is 7. The van der Waals surface area contributed by atoms with Crippen molar-refractivity contribution in [1.82, 2.24) is 10.1 Å². The van der Waals surface area contributed by atoms with Gasteiger partial charge in [-0.25, -0.2) is 4.39 Å². The first kappa shape index (κ1) is 22.0. The highest BCUT2D eigenvalue weighted by molar-refractivity contribution is 5.92. The van der Waals surface area contributed by atoms with E-state index in [0.29, 0.717) is 28.9 Å². The molecule has 3 aromatic rings. The molecular formula is C25H28FN3O3. The number of ether oxygens (including phenoxy) is 1. The first-order valence-electron chi connectivity index (χ1n) is 11.0. The summed E-state index contributed by atoms with van der Waals surface area (Å²) < 4.78 is 24.2. The van der Waals surface area contributed by atoms with Gasteiger partial charge in [0.1, 0.15) is 23.9 Å². The summed E-state index contributed by atoms with van der Waals surface area (Å²) in [6, 6.07) is 15.7. The second-order valence-corrected chi connectivity index (χ2v) is 8.40. The van der Waals surface area contributed by atoms with E-state index in [1.54, 1.807) is 18.2 Å². The fraction of sp³-hybridized carbons (Fsp3) is 0.360. The van der Waals surface area contributed by atoms with E-state index in [-0.39, 0.29) is 24.2 Å². The van der Waals surface area contributed by atoms with Crippen molar-refractivity contribution in [2.24, 2.45) is 5.92 Å². The van der Waals surface area contributed by atoms with Gasteiger partial charge >= 0.3 is 0 Å². The van der Waals surface area contributed by atoms with Gasteiger partial charge in [0.15, 0.2) is 5.76 Å². The lowest BCUT2D eigenvalue weighted by atomic mass is 9.95. The molecule has 32 heavy (non-hydrogen) atoms. The third kappa shape index (κ3) is 5.53. The van der Waals surface area contributed by atoms with Crippen molar-refractivity contribution < 1.29 is 18.4 Å². The molecule has 0 atom stereocenters. The molecule has 0 aliphatic carbocycles. The molecule has 0 unspecified atom stereocenters. The molecular weight excluding hydrogens is 409 g/mol. The van der Waals surface area contributed by atoms with Crippen LogP contribution in [0, 0.1) is 11.7 Å². The third-order valence-electron chi connectivity index (χ3n) is 5.81. The molecule has 0 spiro atoms. The molecule has 1 aromatic heterocycles. The van der Waals surface area contributed by atoms with Crippen LogP contribution in [0.5, 0.6) is 5.75 Å². The van der Waals surface area contributed by atoms with Crippen LogP contribution in [0.3, 0.4) is 0 Å². The maximum absolute atomic E-state index is 13.1. The fourth-order valence-electron chi connectivity index (χ4n) is 3.87. The molecule has 6 nitrogen and oxygen atoms in total. The summed E-state index contributed by atoms with van der Waals surface area (Å²) >= 11 is 0. The molecule has 2 heterocycles. The standard InChI is InChI=1S/C25H28FN3O3/c1-17(2)29-12-10-19(11-13-29)25(30)27-21-4-3-5-23(14-21)31-16-22-15-24(32-28-22)18-6-8-20(26)9-7-18/h3-9,14-15,17,19H,10-13,16H2,1-2H3,(H,27,30). The number of benzene rings is 2. The fourth-order valence-corrected chi connectivity index (χ4v) is 3.87. The zero-order chi connectivity index (χ0) is 22.5. The minimum atomic E-state index is -0.301. The Morgan fingerprint density at radius 1 is 1.19 bits per heavy atom. The number of hydrogen-bond acceptors (Lipinski definition) is 5. The normalized spacial score (nSPS) is 15.1. The number of aromatic nitrogens is 1. The molecule has 4 rings (SSSR count). The minimum Gasteiger partial charge on any atom is -0.487 e. The smallest absolute Gasteiger partial charge is 0.227 e. The van der Waals surface area contributed by atoms with E-state index in [1.165, 1.54) is 12.1 Å². The van der Waals surface area contributed by atoms with Gasteiger partial charge < -0.3 is 19.5 Å². The van der Waals surface area contributed by atoms with Gasteiger partial charge in [0.25, 0.3) is 0 Å². The number of anilines is 1. The Kier molecular flexibility index (Phi) is 6.85. The highest BCUT2D eigenvalue weighted by Gasteiger charge is 2.26. The average Bonchev–Trinajstić information content (AvgIpc) is 3.27. The van der Waals surface area contributed by atoms with E-state index in [9.17, 15) is 9.18 Å². The molecule has 1 N–H and O–H groups in total. The van der Waals surface area contributed by atoms with E-state index in [2.05, 4.69) is 29.2 Å². The highest BCUT2D eigenvalue weighted by atomic mass is 19.1. The Morgan fingerprint density at radius 2 is 1.94 bits per heavy atom. The number of hydrogen-bond donors (Lipinski definition) is 1. The monoisotopic (exact) mass is 437 g/mol. The summed E-state index contributed by atoms with van der Waals surface area (Å²) in [6.07, 6.45) is 1.76. The van der Waals surface area contributed by atoms with E-state index in [4.69, 9.17) is 9.26 Å². The third-order valence-corrected chi connectivity index (χ3v) is 5.81. The van der Waals surface area contributed by atoms with Gasteiger partial charge in [-0.3, -0.25) is 4.79 Å². The van der Waals surface area contributed by atoms with Crippen LogP contribution in [-0.2, 0) is 11.4 Å². The number of halogens is 1. The van der Waals surface area contributed by atoms with Gasteiger partial charge in [-0.15, -0.1) is 0 Å². The van der Waals surface area contributed by atoms with Crippen molar-refractivity contribution in [2.45, 2.75) is 39.3 Å². The van der Waals surface area contributed by atoms with Crippen LogP contribution in [0.15, 0.2) is 59.1 Å². The van der Waals surface area contributed by atoms with Crippen LogP contribution in [0.2, 0.25) is 0 Å². The summed E-state index contributed by atoms with van der Waals surface area (Å²) in [4.78, 5) is 15.1. The molecule has 1 fully saturated rings. The quantitative estimate of drug-likeness (QED) is 0.556. The van der Waals surface area contributed by atoms with Gasteiger partial charge in [-0.05, 0) is 76.2 Å². The van der Waals surface area contributed by atoms with Crippen LogP contribution >= 0.6 is 0 Å². The summed E-state index contributed by atoms with van der Waals surface area (Å²) in [5, 5.41) is 7.04. The van der Waals surface area contributed by atoms with Gasteiger partial charge in [0.05, 0.1) is 0 Å². The van der Waals surface area contributed by atoms with Gasteiger partial charge in [0.2, 0.25) is 5.91 Å². The summed E-state index contributed by atoms with van der Waals surface area (Å²) in [7, 11) is 0. The highest BCUT2D eigenvalue weighted by Crippen LogP contribution is 2.24. The predicted octanol–water partition coefficient (Wildman–Crippen LogP) is 5.12. The van der Waals surface area contributed by atoms with E-state index in [1.807, 2.05) is 24.3 Å². The maximum atomic E-state index is 13.1. The van der Waals surface area contributed by atoms with Gasteiger partial charge in [-0.1, -0.05) is 11.2 Å². The van der Waals surface area contributed by atoms with Crippen molar-refractivity contribution in [1.29, 1.82) is 0 Å². The van der Waals surface area contributed by atoms with Crippen LogP contribution in [0.1, 0.15) is 32.4 Å². The molecule has 7 heteroatoms. The minimum absolute atomic E-state index is 0.0367. The lowest BCUT2D eigenvalue weighted by molar-refractivity contribution is -0.121. The van der Waals surface area contributed by atoms with Crippen LogP contribution in [0.4, 0.5) is 10.1 Å². The Bertz CT molecular complexity index is 1040. The Hall–Kier alpha value is -3.19. The molecule has 0 bridgehead atoms. The summed E-state index contributed by atoms with van der Waals surface area (Å²) in [6.45, 7) is 6.51. The maximum Gasteiger partial charge on any atom is 0.227 e. The Morgan fingerprint density at radius 3 is 2.66 bits per heavy atom. The Balaban J connectivity index is 1.31. The van der Waals surface area contributed by atoms with E-state index < -0.39 is 0 Å². The van der Waals surface area contributed by atoms with Crippen LogP contribution in [-0.4, -0.2) is 35.1 Å². The molecule has 1 amide bonds. The molecule has 168 valence electrons. The van der Waals surface area contributed by atoms with Crippen molar-refractivity contribution in [3.63, 3.8) is 0 Å². The second kappa shape index (κ2) is 9.96. The second-order valence-electron chi connectivity index (χ2n) is 8.40. The molecule has 0 saturated carbocycles. The number of nitrogens with one attached hydrogen (secondary N) is 1. The zero-order valence-electron chi connectivity index (χ0n) is 18.4. The number of nitrogens with zero attached hydrogens (tertiary/aromatic N) is 2. The number of carbonyl (C=O) groups is 1. The number of likely N-dealkylation sites (tertiary alicyclic amines) is 1. The lowest BCUT2D eigenvalue weighted by Crippen LogP contribution is -2.41. The van der Waals surface area contributed by atoms with Crippen LogP contribution < -0.4 is 10.1 Å². The van der Waals surface area contributed by atoms with Crippen LogP contribution in [0.25, 0.3) is 11.3 Å². The van der Waals surface area contributed by atoms with Crippen molar-refractivity contribution in [2.75, 3.05) is 18.4 Å². The largest absolute Gasteiger partial charge is 0.487 e. The first-order chi connectivity index (χ1) is 15.5. The predicted molar refractivity (Wildman–Crippen MR) is 121 cm³/mol. The topological polar surface area (TPSA) is 67.6 Å². The molecule has 2 aromatic carbocycles. The molecule has 1 saturated heterocycles. The van der Waals surface area contributed by atoms with E-state index in [0.717, 1.165) is 31.5 Å². The summed E-state index contributed by atoms with van der Waals surface area (Å²) in [5.74, 6) is 0.974. The number of carbonyl (C=O) groups excluding carboxylic acids is 1. The number of amides is 1. The molecule has 0 radical (unpaired) electrons. The average molecular weight is 438 g/mol. The van der Waals surface area contributed by atoms with Crippen molar-refractivity contribution in [3.05, 3.63) is 66.1 Å².